The number of carbonyl (C=O) groups is 3. The van der Waals surface area contributed by atoms with Gasteiger partial charge in [0.1, 0.15) is 0 Å². The first-order chi connectivity index (χ1) is 14.4. The Balaban J connectivity index is 1.45. The van der Waals surface area contributed by atoms with Crippen LogP contribution in [0.25, 0.3) is 6.08 Å². The van der Waals surface area contributed by atoms with Crippen LogP contribution in [0, 0.1) is 5.92 Å². The van der Waals surface area contributed by atoms with Gasteiger partial charge in [-0.25, -0.2) is 0 Å². The Morgan fingerprint density at radius 1 is 1.00 bits per heavy atom. The first-order valence-electron chi connectivity index (χ1n) is 10.2. The van der Waals surface area contributed by atoms with Crippen molar-refractivity contribution in [3.8, 4) is 0 Å². The van der Waals surface area contributed by atoms with Crippen molar-refractivity contribution >= 4 is 29.5 Å². The first kappa shape index (κ1) is 21.3. The van der Waals surface area contributed by atoms with Gasteiger partial charge >= 0.3 is 0 Å². The van der Waals surface area contributed by atoms with Gasteiger partial charge in [-0.15, -0.1) is 0 Å². The van der Waals surface area contributed by atoms with Crippen LogP contribution in [0.3, 0.4) is 0 Å². The average molecular weight is 405 g/mol. The fourth-order valence-corrected chi connectivity index (χ4v) is 2.65. The molecule has 0 bridgehead atoms. The summed E-state index contributed by atoms with van der Waals surface area (Å²) in [6.45, 7) is 4.07. The number of hydrogen-bond acceptors (Lipinski definition) is 3. The van der Waals surface area contributed by atoms with E-state index in [1.165, 1.54) is 6.08 Å². The molecule has 3 amide bonds. The lowest BCUT2D eigenvalue weighted by Crippen LogP contribution is -2.25. The molecule has 1 fully saturated rings. The number of anilines is 1. The van der Waals surface area contributed by atoms with Gasteiger partial charge in [0, 0.05) is 35.8 Å². The lowest BCUT2D eigenvalue weighted by molar-refractivity contribution is -0.119. The van der Waals surface area contributed by atoms with Crippen LogP contribution in [0.15, 0.2) is 54.6 Å². The number of amides is 3. The topological polar surface area (TPSA) is 87.3 Å². The molecule has 0 aliphatic heterocycles. The minimum Gasteiger partial charge on any atom is -0.349 e. The maximum Gasteiger partial charge on any atom is 0.251 e. The third-order valence-corrected chi connectivity index (χ3v) is 4.73. The Morgan fingerprint density at radius 2 is 1.67 bits per heavy atom. The highest BCUT2D eigenvalue weighted by Gasteiger charge is 2.23. The van der Waals surface area contributed by atoms with Gasteiger partial charge in [0.2, 0.25) is 11.8 Å². The summed E-state index contributed by atoms with van der Waals surface area (Å²) in [5, 5.41) is 8.61. The zero-order valence-corrected chi connectivity index (χ0v) is 17.3. The molecule has 1 aliphatic rings. The van der Waals surface area contributed by atoms with Gasteiger partial charge in [-0.3, -0.25) is 14.4 Å². The maximum absolute atomic E-state index is 12.1. The van der Waals surface area contributed by atoms with Crippen molar-refractivity contribution in [2.24, 2.45) is 5.92 Å². The van der Waals surface area contributed by atoms with Crippen LogP contribution in [0.1, 0.15) is 48.2 Å². The first-order valence-corrected chi connectivity index (χ1v) is 10.2. The molecule has 156 valence electrons. The number of rotatable bonds is 8. The van der Waals surface area contributed by atoms with E-state index in [-0.39, 0.29) is 23.6 Å². The second-order valence-electron chi connectivity index (χ2n) is 7.76. The lowest BCUT2D eigenvalue weighted by atomic mass is 10.1. The van der Waals surface area contributed by atoms with Crippen LogP contribution >= 0.6 is 0 Å². The van der Waals surface area contributed by atoms with E-state index in [9.17, 15) is 14.4 Å². The molecule has 1 saturated carbocycles. The van der Waals surface area contributed by atoms with Gasteiger partial charge in [0.25, 0.3) is 5.91 Å². The highest BCUT2D eigenvalue weighted by molar-refractivity contribution is 5.95. The van der Waals surface area contributed by atoms with Crippen LogP contribution < -0.4 is 16.0 Å². The molecule has 2 aromatic rings. The molecule has 2 aromatic carbocycles. The summed E-state index contributed by atoms with van der Waals surface area (Å²) < 4.78 is 0. The second-order valence-corrected chi connectivity index (χ2v) is 7.76. The van der Waals surface area contributed by atoms with E-state index in [1.54, 1.807) is 18.2 Å². The van der Waals surface area contributed by atoms with Gasteiger partial charge < -0.3 is 16.0 Å². The molecule has 0 spiro atoms. The quantitative estimate of drug-likeness (QED) is 0.588. The van der Waals surface area contributed by atoms with Crippen molar-refractivity contribution in [3.05, 3.63) is 71.3 Å². The molecule has 0 unspecified atom stereocenters. The Bertz CT molecular complexity index is 927. The minimum absolute atomic E-state index is 0.0298. The van der Waals surface area contributed by atoms with E-state index >= 15 is 0 Å². The molecule has 0 radical (unpaired) electrons. The van der Waals surface area contributed by atoms with Crippen molar-refractivity contribution in [2.75, 3.05) is 5.32 Å². The summed E-state index contributed by atoms with van der Waals surface area (Å²) in [7, 11) is 0. The van der Waals surface area contributed by atoms with Crippen LogP contribution in [0.2, 0.25) is 0 Å². The third-order valence-electron chi connectivity index (χ3n) is 4.73. The zero-order chi connectivity index (χ0) is 21.5. The monoisotopic (exact) mass is 405 g/mol. The van der Waals surface area contributed by atoms with E-state index in [2.05, 4.69) is 16.0 Å². The molecule has 6 heteroatoms. The molecule has 30 heavy (non-hydrogen) atoms. The molecule has 3 rings (SSSR count). The number of benzene rings is 2. The Hall–Kier alpha value is -3.41. The van der Waals surface area contributed by atoms with Crippen LogP contribution in [0.4, 0.5) is 5.69 Å². The molecule has 3 N–H and O–H groups in total. The summed E-state index contributed by atoms with van der Waals surface area (Å²) in [5.74, 6) is -0.368. The summed E-state index contributed by atoms with van der Waals surface area (Å²) in [5.41, 5.74) is 3.14. The highest BCUT2D eigenvalue weighted by atomic mass is 16.2. The standard InChI is InChI=1S/C24H27N3O3/c1-16(2)23(29)26-20-10-5-18(6-11-20)15-25-22(28)14-7-17-3-8-19(9-4-17)24(30)27-21-12-13-21/h3-11,14,16,21H,12-13,15H2,1-2H3,(H,25,28)(H,26,29)(H,27,30)/b14-7+. The van der Waals surface area contributed by atoms with E-state index in [0.717, 1.165) is 29.7 Å². The van der Waals surface area contributed by atoms with E-state index in [0.29, 0.717) is 18.2 Å². The number of nitrogens with one attached hydrogen (secondary N) is 3. The van der Waals surface area contributed by atoms with Gasteiger partial charge in [0.15, 0.2) is 0 Å². The Labute approximate surface area is 176 Å². The molecule has 0 heterocycles. The maximum atomic E-state index is 12.1. The van der Waals surface area contributed by atoms with E-state index in [1.807, 2.05) is 50.2 Å². The van der Waals surface area contributed by atoms with Gasteiger partial charge in [-0.2, -0.15) is 0 Å². The molecule has 0 atom stereocenters. The SMILES string of the molecule is CC(C)C(=O)Nc1ccc(CNC(=O)/C=C/c2ccc(C(=O)NC3CC3)cc2)cc1. The van der Waals surface area contributed by atoms with Gasteiger partial charge in [-0.1, -0.05) is 38.1 Å². The molecule has 0 aromatic heterocycles. The third kappa shape index (κ3) is 6.58. The van der Waals surface area contributed by atoms with E-state index in [4.69, 9.17) is 0 Å². The zero-order valence-electron chi connectivity index (χ0n) is 17.3. The van der Waals surface area contributed by atoms with Crippen molar-refractivity contribution in [2.45, 2.75) is 39.3 Å². The normalized spacial score (nSPS) is 13.3. The van der Waals surface area contributed by atoms with Gasteiger partial charge in [0.05, 0.1) is 0 Å². The smallest absolute Gasteiger partial charge is 0.251 e. The molecule has 1 aliphatic carbocycles. The van der Waals surface area contributed by atoms with Crippen LogP contribution in [0.5, 0.6) is 0 Å². The Kier molecular flexibility index (Phi) is 7.01. The van der Waals surface area contributed by atoms with Crippen molar-refractivity contribution in [1.82, 2.24) is 10.6 Å². The molecular formula is C24H27N3O3. The fourth-order valence-electron chi connectivity index (χ4n) is 2.65. The lowest BCUT2D eigenvalue weighted by Gasteiger charge is -2.08. The number of carbonyl (C=O) groups excluding carboxylic acids is 3. The van der Waals surface area contributed by atoms with Gasteiger partial charge in [-0.05, 0) is 54.3 Å². The average Bonchev–Trinajstić information content (AvgIpc) is 3.56. The largest absolute Gasteiger partial charge is 0.349 e. The highest BCUT2D eigenvalue weighted by Crippen LogP contribution is 2.19. The van der Waals surface area contributed by atoms with Crippen molar-refractivity contribution < 1.29 is 14.4 Å². The second kappa shape index (κ2) is 9.87. The van der Waals surface area contributed by atoms with E-state index < -0.39 is 0 Å². The van der Waals surface area contributed by atoms with Crippen LogP contribution in [-0.4, -0.2) is 23.8 Å². The fraction of sp³-hybridized carbons (Fsp3) is 0.292. The molecule has 6 nitrogen and oxygen atoms in total. The van der Waals surface area contributed by atoms with Crippen LogP contribution in [-0.2, 0) is 16.1 Å². The summed E-state index contributed by atoms with van der Waals surface area (Å²) in [6, 6.07) is 14.8. The predicted octanol–water partition coefficient (Wildman–Crippen LogP) is 3.50. The minimum atomic E-state index is -0.206. The van der Waals surface area contributed by atoms with Crippen molar-refractivity contribution in [1.29, 1.82) is 0 Å². The summed E-state index contributed by atoms with van der Waals surface area (Å²) in [4.78, 5) is 35.7. The Morgan fingerprint density at radius 3 is 2.27 bits per heavy atom. The number of hydrogen-bond donors (Lipinski definition) is 3. The predicted molar refractivity (Wildman–Crippen MR) is 118 cm³/mol. The molecular weight excluding hydrogens is 378 g/mol. The molecule has 0 saturated heterocycles. The summed E-state index contributed by atoms with van der Waals surface area (Å²) >= 11 is 0. The van der Waals surface area contributed by atoms with Crippen molar-refractivity contribution in [3.63, 3.8) is 0 Å². The summed E-state index contributed by atoms with van der Waals surface area (Å²) in [6.07, 6.45) is 5.29.